The Morgan fingerprint density at radius 1 is 1.25 bits per heavy atom. The average molecular weight is 220 g/mol. The Balaban J connectivity index is 2.78. The summed E-state index contributed by atoms with van der Waals surface area (Å²) in [6.45, 7) is 1.95. The summed E-state index contributed by atoms with van der Waals surface area (Å²) >= 11 is 0. The van der Waals surface area contributed by atoms with Gasteiger partial charge in [0, 0.05) is 11.5 Å². The van der Waals surface area contributed by atoms with Crippen molar-refractivity contribution in [3.8, 4) is 0 Å². The standard InChI is InChI=1S/C13H16O3/c1-2-6-11(9-12(14)15)13(16)10-7-4-3-5-8-10/h3-5,7-8,11H,2,6,9H2,1H3,(H,14,15). The zero-order valence-corrected chi connectivity index (χ0v) is 9.35. The van der Waals surface area contributed by atoms with Crippen molar-refractivity contribution < 1.29 is 14.7 Å². The van der Waals surface area contributed by atoms with Crippen LogP contribution >= 0.6 is 0 Å². The fraction of sp³-hybridized carbons (Fsp3) is 0.385. The molecule has 0 radical (unpaired) electrons. The van der Waals surface area contributed by atoms with E-state index >= 15 is 0 Å². The lowest BCUT2D eigenvalue weighted by molar-refractivity contribution is -0.137. The molecule has 1 unspecified atom stereocenters. The minimum Gasteiger partial charge on any atom is -0.481 e. The molecule has 16 heavy (non-hydrogen) atoms. The molecule has 0 amide bonds. The molecular formula is C13H16O3. The van der Waals surface area contributed by atoms with Crippen molar-refractivity contribution in [2.24, 2.45) is 5.92 Å². The maximum absolute atomic E-state index is 12.0. The first-order valence-electron chi connectivity index (χ1n) is 5.46. The second-order valence-electron chi connectivity index (χ2n) is 3.81. The van der Waals surface area contributed by atoms with E-state index in [2.05, 4.69) is 0 Å². The molecular weight excluding hydrogens is 204 g/mol. The molecule has 3 nitrogen and oxygen atoms in total. The van der Waals surface area contributed by atoms with Crippen molar-refractivity contribution in [1.29, 1.82) is 0 Å². The van der Waals surface area contributed by atoms with Crippen molar-refractivity contribution in [1.82, 2.24) is 0 Å². The molecule has 0 fully saturated rings. The van der Waals surface area contributed by atoms with Crippen LogP contribution in [-0.4, -0.2) is 16.9 Å². The van der Waals surface area contributed by atoms with Crippen LogP contribution in [0.5, 0.6) is 0 Å². The Hall–Kier alpha value is -1.64. The molecule has 0 saturated heterocycles. The molecule has 0 aromatic heterocycles. The molecule has 0 aliphatic carbocycles. The van der Waals surface area contributed by atoms with E-state index in [1.807, 2.05) is 13.0 Å². The first-order chi connectivity index (χ1) is 7.65. The Labute approximate surface area is 95.1 Å². The predicted octanol–water partition coefficient (Wildman–Crippen LogP) is 2.76. The maximum atomic E-state index is 12.0. The number of hydrogen-bond donors (Lipinski definition) is 1. The maximum Gasteiger partial charge on any atom is 0.304 e. The first-order valence-corrected chi connectivity index (χ1v) is 5.46. The van der Waals surface area contributed by atoms with Gasteiger partial charge >= 0.3 is 5.97 Å². The number of ketones is 1. The fourth-order valence-corrected chi connectivity index (χ4v) is 1.72. The molecule has 0 spiro atoms. The number of benzene rings is 1. The molecule has 86 valence electrons. The van der Waals surface area contributed by atoms with Gasteiger partial charge in [0.15, 0.2) is 5.78 Å². The predicted molar refractivity (Wildman–Crippen MR) is 61.4 cm³/mol. The Morgan fingerprint density at radius 2 is 1.88 bits per heavy atom. The van der Waals surface area contributed by atoms with E-state index in [1.165, 1.54) is 0 Å². The highest BCUT2D eigenvalue weighted by molar-refractivity contribution is 5.99. The SMILES string of the molecule is CCCC(CC(=O)O)C(=O)c1ccccc1. The summed E-state index contributed by atoms with van der Waals surface area (Å²) in [5.41, 5.74) is 0.599. The van der Waals surface area contributed by atoms with E-state index in [1.54, 1.807) is 24.3 Å². The van der Waals surface area contributed by atoms with Gasteiger partial charge in [0.1, 0.15) is 0 Å². The summed E-state index contributed by atoms with van der Waals surface area (Å²) in [6.07, 6.45) is 1.36. The van der Waals surface area contributed by atoms with E-state index in [4.69, 9.17) is 5.11 Å². The molecule has 1 atom stereocenters. The molecule has 0 aliphatic rings. The van der Waals surface area contributed by atoms with E-state index in [-0.39, 0.29) is 12.2 Å². The molecule has 1 aromatic rings. The highest BCUT2D eigenvalue weighted by Gasteiger charge is 2.21. The number of rotatable bonds is 6. The number of carboxylic acid groups (broad SMARTS) is 1. The number of Topliss-reactive ketones (excluding diaryl/α,β-unsaturated/α-hetero) is 1. The number of carbonyl (C=O) groups is 2. The zero-order chi connectivity index (χ0) is 12.0. The smallest absolute Gasteiger partial charge is 0.304 e. The lowest BCUT2D eigenvalue weighted by Gasteiger charge is -2.12. The number of carboxylic acids is 1. The number of carbonyl (C=O) groups excluding carboxylic acids is 1. The van der Waals surface area contributed by atoms with Crippen LogP contribution in [0.4, 0.5) is 0 Å². The van der Waals surface area contributed by atoms with Crippen molar-refractivity contribution in [3.05, 3.63) is 35.9 Å². The van der Waals surface area contributed by atoms with Gasteiger partial charge in [-0.1, -0.05) is 43.7 Å². The number of aliphatic carboxylic acids is 1. The molecule has 1 aromatic carbocycles. The van der Waals surface area contributed by atoms with Gasteiger partial charge in [0.2, 0.25) is 0 Å². The van der Waals surface area contributed by atoms with E-state index < -0.39 is 11.9 Å². The highest BCUT2D eigenvalue weighted by Crippen LogP contribution is 2.17. The third-order valence-corrected chi connectivity index (χ3v) is 2.49. The van der Waals surface area contributed by atoms with Gasteiger partial charge in [-0.2, -0.15) is 0 Å². The van der Waals surface area contributed by atoms with E-state index in [9.17, 15) is 9.59 Å². The highest BCUT2D eigenvalue weighted by atomic mass is 16.4. The van der Waals surface area contributed by atoms with Gasteiger partial charge in [-0.3, -0.25) is 9.59 Å². The largest absolute Gasteiger partial charge is 0.481 e. The van der Waals surface area contributed by atoms with Crippen molar-refractivity contribution >= 4 is 11.8 Å². The molecule has 0 bridgehead atoms. The summed E-state index contributed by atoms with van der Waals surface area (Å²) in [4.78, 5) is 22.7. The monoisotopic (exact) mass is 220 g/mol. The van der Waals surface area contributed by atoms with Gasteiger partial charge in [-0.05, 0) is 6.42 Å². The van der Waals surface area contributed by atoms with Crippen LogP contribution in [0.25, 0.3) is 0 Å². The van der Waals surface area contributed by atoms with Crippen LogP contribution in [0, 0.1) is 5.92 Å². The molecule has 1 rings (SSSR count). The topological polar surface area (TPSA) is 54.4 Å². The second kappa shape index (κ2) is 6.05. The van der Waals surface area contributed by atoms with Gasteiger partial charge < -0.3 is 5.11 Å². The van der Waals surface area contributed by atoms with E-state index in [0.717, 1.165) is 6.42 Å². The van der Waals surface area contributed by atoms with Crippen LogP contribution in [0.2, 0.25) is 0 Å². The van der Waals surface area contributed by atoms with Crippen molar-refractivity contribution in [3.63, 3.8) is 0 Å². The summed E-state index contributed by atoms with van der Waals surface area (Å²) in [5.74, 6) is -1.38. The van der Waals surface area contributed by atoms with Gasteiger partial charge in [0.05, 0.1) is 6.42 Å². The summed E-state index contributed by atoms with van der Waals surface area (Å²) in [6, 6.07) is 8.87. The Kier molecular flexibility index (Phi) is 4.70. The third-order valence-electron chi connectivity index (χ3n) is 2.49. The molecule has 0 aliphatic heterocycles. The van der Waals surface area contributed by atoms with E-state index in [0.29, 0.717) is 12.0 Å². The lowest BCUT2D eigenvalue weighted by atomic mass is 9.91. The van der Waals surface area contributed by atoms with Crippen molar-refractivity contribution in [2.45, 2.75) is 26.2 Å². The normalized spacial score (nSPS) is 12.1. The molecule has 0 heterocycles. The van der Waals surface area contributed by atoms with Crippen LogP contribution in [0.3, 0.4) is 0 Å². The minimum atomic E-state index is -0.914. The molecule has 1 N–H and O–H groups in total. The first kappa shape index (κ1) is 12.4. The number of hydrogen-bond acceptors (Lipinski definition) is 2. The Bertz CT molecular complexity index is 357. The van der Waals surface area contributed by atoms with Gasteiger partial charge in [0.25, 0.3) is 0 Å². The Morgan fingerprint density at radius 3 is 2.38 bits per heavy atom. The molecule has 3 heteroatoms. The second-order valence-corrected chi connectivity index (χ2v) is 3.81. The quantitative estimate of drug-likeness (QED) is 0.750. The van der Waals surface area contributed by atoms with Gasteiger partial charge in [-0.15, -0.1) is 0 Å². The van der Waals surface area contributed by atoms with Crippen LogP contribution in [0.15, 0.2) is 30.3 Å². The summed E-state index contributed by atoms with van der Waals surface area (Å²) < 4.78 is 0. The van der Waals surface area contributed by atoms with Crippen molar-refractivity contribution in [2.75, 3.05) is 0 Å². The third kappa shape index (κ3) is 3.50. The van der Waals surface area contributed by atoms with Gasteiger partial charge in [-0.25, -0.2) is 0 Å². The zero-order valence-electron chi connectivity index (χ0n) is 9.35. The lowest BCUT2D eigenvalue weighted by Crippen LogP contribution is -2.18. The van der Waals surface area contributed by atoms with Crippen LogP contribution < -0.4 is 0 Å². The summed E-state index contributed by atoms with van der Waals surface area (Å²) in [7, 11) is 0. The average Bonchev–Trinajstić information content (AvgIpc) is 2.28. The van der Waals surface area contributed by atoms with Crippen LogP contribution in [-0.2, 0) is 4.79 Å². The minimum absolute atomic E-state index is 0.0650. The summed E-state index contributed by atoms with van der Waals surface area (Å²) in [5, 5.41) is 8.75. The fourth-order valence-electron chi connectivity index (χ4n) is 1.72. The van der Waals surface area contributed by atoms with Crippen LogP contribution in [0.1, 0.15) is 36.5 Å². The molecule has 0 saturated carbocycles.